The maximum Gasteiger partial charge on any atom is 0.239 e. The van der Waals surface area contributed by atoms with E-state index in [1.165, 1.54) is 14.0 Å². The number of anilines is 1. The SMILES string of the molecule is CONc1ccccc1CNC(=O)CNC(C)=O. The largest absolute Gasteiger partial charge is 0.350 e. The van der Waals surface area contributed by atoms with Crippen molar-refractivity contribution in [1.29, 1.82) is 0 Å². The first-order valence-electron chi connectivity index (χ1n) is 5.51. The smallest absolute Gasteiger partial charge is 0.239 e. The molecule has 0 spiro atoms. The van der Waals surface area contributed by atoms with Gasteiger partial charge in [0.05, 0.1) is 19.3 Å². The van der Waals surface area contributed by atoms with E-state index in [1.54, 1.807) is 0 Å². The van der Waals surface area contributed by atoms with Crippen molar-refractivity contribution in [2.45, 2.75) is 13.5 Å². The Labute approximate surface area is 106 Å². The fraction of sp³-hybridized carbons (Fsp3) is 0.333. The van der Waals surface area contributed by atoms with Crippen LogP contribution in [0.2, 0.25) is 0 Å². The Morgan fingerprint density at radius 2 is 1.94 bits per heavy atom. The van der Waals surface area contributed by atoms with Crippen LogP contribution in [0.15, 0.2) is 24.3 Å². The zero-order chi connectivity index (χ0) is 13.4. The number of carbonyl (C=O) groups is 2. The molecule has 1 aromatic rings. The summed E-state index contributed by atoms with van der Waals surface area (Å²) < 4.78 is 0. The lowest BCUT2D eigenvalue weighted by atomic mass is 10.2. The molecule has 0 heterocycles. The summed E-state index contributed by atoms with van der Waals surface area (Å²) >= 11 is 0. The summed E-state index contributed by atoms with van der Waals surface area (Å²) in [5.74, 6) is -0.469. The first-order chi connectivity index (χ1) is 8.63. The molecule has 0 aromatic heterocycles. The van der Waals surface area contributed by atoms with Gasteiger partial charge in [0.2, 0.25) is 11.8 Å². The first-order valence-corrected chi connectivity index (χ1v) is 5.51. The van der Waals surface area contributed by atoms with E-state index in [4.69, 9.17) is 4.84 Å². The normalized spacial score (nSPS) is 9.67. The summed E-state index contributed by atoms with van der Waals surface area (Å²) in [6, 6.07) is 7.46. The van der Waals surface area contributed by atoms with Gasteiger partial charge in [-0.15, -0.1) is 0 Å². The third kappa shape index (κ3) is 4.84. The van der Waals surface area contributed by atoms with Crippen LogP contribution < -0.4 is 16.1 Å². The molecule has 0 bridgehead atoms. The van der Waals surface area contributed by atoms with E-state index in [9.17, 15) is 9.59 Å². The van der Waals surface area contributed by atoms with Gasteiger partial charge in [0.25, 0.3) is 0 Å². The van der Waals surface area contributed by atoms with Gasteiger partial charge in [0.15, 0.2) is 0 Å². The molecule has 0 atom stereocenters. The van der Waals surface area contributed by atoms with Crippen molar-refractivity contribution in [1.82, 2.24) is 10.6 Å². The summed E-state index contributed by atoms with van der Waals surface area (Å²) in [6.45, 7) is 1.71. The molecule has 1 rings (SSSR count). The number of hydrogen-bond acceptors (Lipinski definition) is 4. The number of rotatable bonds is 6. The Morgan fingerprint density at radius 3 is 2.61 bits per heavy atom. The van der Waals surface area contributed by atoms with E-state index in [0.717, 1.165) is 11.3 Å². The second-order valence-electron chi connectivity index (χ2n) is 3.65. The van der Waals surface area contributed by atoms with Crippen LogP contribution in [0.3, 0.4) is 0 Å². The molecule has 0 aliphatic carbocycles. The number of hydrogen-bond donors (Lipinski definition) is 3. The van der Waals surface area contributed by atoms with Crippen molar-refractivity contribution in [2.24, 2.45) is 0 Å². The van der Waals surface area contributed by atoms with Crippen LogP contribution in [0.1, 0.15) is 12.5 Å². The van der Waals surface area contributed by atoms with Crippen molar-refractivity contribution >= 4 is 17.5 Å². The predicted molar refractivity (Wildman–Crippen MR) is 67.6 cm³/mol. The van der Waals surface area contributed by atoms with E-state index in [1.807, 2.05) is 24.3 Å². The Kier molecular flexibility index (Phi) is 5.66. The molecule has 0 unspecified atom stereocenters. The highest BCUT2D eigenvalue weighted by Crippen LogP contribution is 2.14. The zero-order valence-corrected chi connectivity index (χ0v) is 10.4. The average molecular weight is 251 g/mol. The van der Waals surface area contributed by atoms with Gasteiger partial charge in [-0.1, -0.05) is 18.2 Å². The van der Waals surface area contributed by atoms with Gasteiger partial charge in [-0.05, 0) is 11.6 Å². The highest BCUT2D eigenvalue weighted by molar-refractivity contribution is 5.83. The number of para-hydroxylation sites is 1. The Balaban J connectivity index is 2.47. The first kappa shape index (κ1) is 14.0. The maximum atomic E-state index is 11.4. The molecular weight excluding hydrogens is 234 g/mol. The third-order valence-electron chi connectivity index (χ3n) is 2.20. The molecule has 0 saturated carbocycles. The average Bonchev–Trinajstić information content (AvgIpc) is 2.35. The second-order valence-corrected chi connectivity index (χ2v) is 3.65. The second kappa shape index (κ2) is 7.29. The van der Waals surface area contributed by atoms with Gasteiger partial charge in [0.1, 0.15) is 0 Å². The van der Waals surface area contributed by atoms with Crippen molar-refractivity contribution in [3.05, 3.63) is 29.8 Å². The van der Waals surface area contributed by atoms with Gasteiger partial charge in [0, 0.05) is 13.5 Å². The quantitative estimate of drug-likeness (QED) is 0.640. The summed E-state index contributed by atoms with van der Waals surface area (Å²) in [5.41, 5.74) is 4.42. The molecule has 0 aliphatic rings. The molecule has 6 nitrogen and oxygen atoms in total. The molecule has 2 amide bonds. The van der Waals surface area contributed by atoms with Crippen LogP contribution in [-0.2, 0) is 21.0 Å². The van der Waals surface area contributed by atoms with Crippen molar-refractivity contribution < 1.29 is 14.4 Å². The molecule has 18 heavy (non-hydrogen) atoms. The summed E-state index contributed by atoms with van der Waals surface area (Å²) in [4.78, 5) is 26.9. The standard InChI is InChI=1S/C12H17N3O3/c1-9(16)13-8-12(17)14-7-10-5-3-4-6-11(10)15-18-2/h3-6,15H,7-8H2,1-2H3,(H,13,16)(H,14,17). The van der Waals surface area contributed by atoms with Gasteiger partial charge >= 0.3 is 0 Å². The minimum atomic E-state index is -0.239. The third-order valence-corrected chi connectivity index (χ3v) is 2.20. The van der Waals surface area contributed by atoms with Crippen molar-refractivity contribution in [3.63, 3.8) is 0 Å². The number of carbonyl (C=O) groups excluding carboxylic acids is 2. The van der Waals surface area contributed by atoms with Crippen LogP contribution in [0.5, 0.6) is 0 Å². The molecule has 98 valence electrons. The zero-order valence-electron chi connectivity index (χ0n) is 10.4. The van der Waals surface area contributed by atoms with Crippen LogP contribution in [0, 0.1) is 0 Å². The van der Waals surface area contributed by atoms with Gasteiger partial charge < -0.3 is 10.6 Å². The fourth-order valence-corrected chi connectivity index (χ4v) is 1.35. The van der Waals surface area contributed by atoms with E-state index in [-0.39, 0.29) is 18.4 Å². The highest BCUT2D eigenvalue weighted by atomic mass is 16.6. The fourth-order valence-electron chi connectivity index (χ4n) is 1.35. The molecular formula is C12H17N3O3. The minimum Gasteiger partial charge on any atom is -0.350 e. The lowest BCUT2D eigenvalue weighted by molar-refractivity contribution is -0.125. The molecule has 1 aromatic carbocycles. The number of benzene rings is 1. The Morgan fingerprint density at radius 1 is 1.22 bits per heavy atom. The van der Waals surface area contributed by atoms with Crippen LogP contribution in [-0.4, -0.2) is 25.5 Å². The maximum absolute atomic E-state index is 11.4. The molecule has 0 fully saturated rings. The van der Waals surface area contributed by atoms with Gasteiger partial charge in [-0.25, -0.2) is 0 Å². The number of nitrogens with one attached hydrogen (secondary N) is 3. The van der Waals surface area contributed by atoms with Crippen LogP contribution in [0.25, 0.3) is 0 Å². The highest BCUT2D eigenvalue weighted by Gasteiger charge is 2.04. The van der Waals surface area contributed by atoms with E-state index in [2.05, 4.69) is 16.1 Å². The van der Waals surface area contributed by atoms with E-state index in [0.29, 0.717) is 6.54 Å². The molecule has 3 N–H and O–H groups in total. The monoisotopic (exact) mass is 251 g/mol. The Bertz CT molecular complexity index is 421. The van der Waals surface area contributed by atoms with Gasteiger partial charge in [-0.2, -0.15) is 0 Å². The molecule has 0 saturated heterocycles. The van der Waals surface area contributed by atoms with Crippen LogP contribution >= 0.6 is 0 Å². The van der Waals surface area contributed by atoms with Crippen molar-refractivity contribution in [3.8, 4) is 0 Å². The van der Waals surface area contributed by atoms with E-state index >= 15 is 0 Å². The molecule has 6 heteroatoms. The number of amides is 2. The topological polar surface area (TPSA) is 79.5 Å². The summed E-state index contributed by atoms with van der Waals surface area (Å²) in [7, 11) is 1.52. The lowest BCUT2D eigenvalue weighted by Crippen LogP contribution is -2.35. The Hall–Kier alpha value is -2.08. The van der Waals surface area contributed by atoms with Gasteiger partial charge in [-0.3, -0.25) is 19.9 Å². The predicted octanol–water partition coefficient (Wildman–Crippen LogP) is 0.412. The summed E-state index contributed by atoms with van der Waals surface area (Å²) in [6.07, 6.45) is 0. The van der Waals surface area contributed by atoms with Crippen molar-refractivity contribution in [2.75, 3.05) is 19.1 Å². The lowest BCUT2D eigenvalue weighted by Gasteiger charge is -2.11. The summed E-state index contributed by atoms with van der Waals surface area (Å²) in [5, 5.41) is 5.13. The van der Waals surface area contributed by atoms with E-state index < -0.39 is 0 Å². The molecule has 0 radical (unpaired) electrons. The minimum absolute atomic E-state index is 0.0186. The molecule has 0 aliphatic heterocycles. The van der Waals surface area contributed by atoms with Crippen LogP contribution in [0.4, 0.5) is 5.69 Å².